The highest BCUT2D eigenvalue weighted by molar-refractivity contribution is 7.19. The van der Waals surface area contributed by atoms with Gasteiger partial charge < -0.3 is 15.6 Å². The summed E-state index contributed by atoms with van der Waals surface area (Å²) in [4.78, 5) is 12.6. The molecule has 2 aromatic heterocycles. The van der Waals surface area contributed by atoms with E-state index < -0.39 is 0 Å². The Hall–Kier alpha value is -1.37. The Balaban J connectivity index is 1.95. The molecular weight excluding hydrogens is 286 g/mol. The van der Waals surface area contributed by atoms with Gasteiger partial charge in [0.15, 0.2) is 11.5 Å². The average Bonchev–Trinajstić information content (AvgIpc) is 3.02. The van der Waals surface area contributed by atoms with Crippen LogP contribution >= 0.6 is 22.9 Å². The van der Waals surface area contributed by atoms with Gasteiger partial charge in [-0.1, -0.05) is 16.8 Å². The molecule has 0 saturated heterocycles. The van der Waals surface area contributed by atoms with E-state index >= 15 is 0 Å². The summed E-state index contributed by atoms with van der Waals surface area (Å²) in [7, 11) is 0. The van der Waals surface area contributed by atoms with Gasteiger partial charge in [-0.3, -0.25) is 4.79 Å². The molecule has 5 nitrogen and oxygen atoms in total. The summed E-state index contributed by atoms with van der Waals surface area (Å²) in [6.07, 6.45) is 1.74. The normalized spacial score (nSPS) is 10.6. The third-order valence-electron chi connectivity index (χ3n) is 2.48. The lowest BCUT2D eigenvalue weighted by atomic mass is 10.3. The molecule has 0 atom stereocenters. The number of thiophene rings is 1. The second kappa shape index (κ2) is 6.70. The number of hydrogen-bond acceptors (Lipinski definition) is 5. The van der Waals surface area contributed by atoms with E-state index in [1.54, 1.807) is 12.1 Å². The minimum atomic E-state index is -0.241. The molecule has 19 heavy (non-hydrogen) atoms. The zero-order valence-electron chi connectivity index (χ0n) is 10.2. The lowest BCUT2D eigenvalue weighted by Crippen LogP contribution is -2.25. The number of nitrogens with zero attached hydrogens (tertiary/aromatic N) is 1. The number of aromatic nitrogens is 1. The van der Waals surface area contributed by atoms with Gasteiger partial charge in [0.25, 0.3) is 5.91 Å². The minimum absolute atomic E-state index is 0.241. The molecule has 1 amide bonds. The number of rotatable bonds is 6. The summed E-state index contributed by atoms with van der Waals surface area (Å²) in [5.74, 6) is 0.304. The van der Waals surface area contributed by atoms with Crippen LogP contribution in [0.5, 0.6) is 0 Å². The van der Waals surface area contributed by atoms with Crippen molar-refractivity contribution in [3.8, 4) is 10.6 Å². The number of carbonyl (C=O) groups excluding carboxylic acids is 1. The smallest absolute Gasteiger partial charge is 0.273 e. The van der Waals surface area contributed by atoms with Crippen LogP contribution < -0.4 is 11.1 Å². The van der Waals surface area contributed by atoms with Crippen molar-refractivity contribution >= 4 is 28.8 Å². The van der Waals surface area contributed by atoms with Crippen LogP contribution in [0, 0.1) is 0 Å². The number of halogens is 1. The number of nitrogens with one attached hydrogen (secondary N) is 1. The molecule has 0 saturated carbocycles. The molecule has 2 rings (SSSR count). The molecule has 0 aromatic carbocycles. The molecule has 2 aromatic rings. The van der Waals surface area contributed by atoms with Crippen molar-refractivity contribution in [1.82, 2.24) is 10.5 Å². The van der Waals surface area contributed by atoms with E-state index in [2.05, 4.69) is 10.5 Å². The van der Waals surface area contributed by atoms with E-state index in [4.69, 9.17) is 21.9 Å². The fraction of sp³-hybridized carbons (Fsp3) is 0.333. The van der Waals surface area contributed by atoms with Crippen molar-refractivity contribution in [2.45, 2.75) is 12.8 Å². The predicted octanol–water partition coefficient (Wildman–Crippen LogP) is 2.53. The standard InChI is InChI=1S/C12H14ClN3O2S/c13-11-4-3-10(19-11)9-7-8(16-18-9)12(17)15-6-2-1-5-14/h3-4,7H,1-2,5-6,14H2,(H,15,17). The molecule has 102 valence electrons. The third kappa shape index (κ3) is 3.79. The fourth-order valence-corrected chi connectivity index (χ4v) is 2.50. The van der Waals surface area contributed by atoms with E-state index in [0.717, 1.165) is 17.7 Å². The Labute approximate surface area is 119 Å². The van der Waals surface area contributed by atoms with Gasteiger partial charge in [0.1, 0.15) is 0 Å². The number of hydrogen-bond donors (Lipinski definition) is 2. The van der Waals surface area contributed by atoms with Crippen LogP contribution in [0.1, 0.15) is 23.3 Å². The zero-order valence-corrected chi connectivity index (χ0v) is 11.8. The van der Waals surface area contributed by atoms with E-state index in [9.17, 15) is 4.79 Å². The maximum absolute atomic E-state index is 11.8. The van der Waals surface area contributed by atoms with Crippen molar-refractivity contribution in [3.63, 3.8) is 0 Å². The van der Waals surface area contributed by atoms with Crippen molar-refractivity contribution in [2.24, 2.45) is 5.73 Å². The zero-order chi connectivity index (χ0) is 13.7. The first-order chi connectivity index (χ1) is 9.20. The molecule has 2 heterocycles. The number of nitrogens with two attached hydrogens (primary N) is 1. The van der Waals surface area contributed by atoms with Gasteiger partial charge in [-0.15, -0.1) is 11.3 Å². The summed E-state index contributed by atoms with van der Waals surface area (Å²) in [5, 5.41) is 6.52. The highest BCUT2D eigenvalue weighted by Crippen LogP contribution is 2.31. The van der Waals surface area contributed by atoms with E-state index in [-0.39, 0.29) is 11.6 Å². The first-order valence-electron chi connectivity index (χ1n) is 5.91. The Morgan fingerprint density at radius 3 is 3.00 bits per heavy atom. The summed E-state index contributed by atoms with van der Waals surface area (Å²) >= 11 is 7.22. The van der Waals surface area contributed by atoms with Gasteiger partial charge in [0, 0.05) is 12.6 Å². The Morgan fingerprint density at radius 2 is 2.32 bits per heavy atom. The van der Waals surface area contributed by atoms with Crippen LogP contribution in [-0.2, 0) is 0 Å². The molecular formula is C12H14ClN3O2S. The van der Waals surface area contributed by atoms with Crippen molar-refractivity contribution < 1.29 is 9.32 Å². The number of unbranched alkanes of at least 4 members (excludes halogenated alkanes) is 1. The predicted molar refractivity (Wildman–Crippen MR) is 75.4 cm³/mol. The van der Waals surface area contributed by atoms with Crippen molar-refractivity contribution in [3.05, 3.63) is 28.2 Å². The maximum Gasteiger partial charge on any atom is 0.273 e. The van der Waals surface area contributed by atoms with Crippen LogP contribution in [0.4, 0.5) is 0 Å². The lowest BCUT2D eigenvalue weighted by Gasteiger charge is -2.00. The molecule has 0 aliphatic rings. The monoisotopic (exact) mass is 299 g/mol. The van der Waals surface area contributed by atoms with Gasteiger partial charge in [0.2, 0.25) is 0 Å². The minimum Gasteiger partial charge on any atom is -0.355 e. The van der Waals surface area contributed by atoms with Crippen LogP contribution in [0.2, 0.25) is 4.34 Å². The van der Waals surface area contributed by atoms with E-state index in [0.29, 0.717) is 23.2 Å². The van der Waals surface area contributed by atoms with Gasteiger partial charge in [-0.05, 0) is 31.5 Å². The van der Waals surface area contributed by atoms with Crippen LogP contribution in [0.25, 0.3) is 10.6 Å². The molecule has 3 N–H and O–H groups in total. The fourth-order valence-electron chi connectivity index (χ4n) is 1.51. The van der Waals surface area contributed by atoms with Gasteiger partial charge in [-0.25, -0.2) is 0 Å². The molecule has 0 spiro atoms. The first-order valence-corrected chi connectivity index (χ1v) is 7.11. The van der Waals surface area contributed by atoms with Crippen molar-refractivity contribution in [2.75, 3.05) is 13.1 Å². The Kier molecular flexibility index (Phi) is 4.95. The lowest BCUT2D eigenvalue weighted by molar-refractivity contribution is 0.0944. The average molecular weight is 300 g/mol. The van der Waals surface area contributed by atoms with Gasteiger partial charge in [0.05, 0.1) is 9.21 Å². The molecule has 0 fully saturated rings. The quantitative estimate of drug-likeness (QED) is 0.803. The third-order valence-corrected chi connectivity index (χ3v) is 3.72. The highest BCUT2D eigenvalue weighted by Gasteiger charge is 2.14. The molecule has 7 heteroatoms. The largest absolute Gasteiger partial charge is 0.355 e. The van der Waals surface area contributed by atoms with Gasteiger partial charge in [-0.2, -0.15) is 0 Å². The van der Waals surface area contributed by atoms with Crippen molar-refractivity contribution in [1.29, 1.82) is 0 Å². The number of amides is 1. The van der Waals surface area contributed by atoms with E-state index in [1.165, 1.54) is 11.3 Å². The highest BCUT2D eigenvalue weighted by atomic mass is 35.5. The number of carbonyl (C=O) groups is 1. The summed E-state index contributed by atoms with van der Waals surface area (Å²) in [5.41, 5.74) is 5.65. The topological polar surface area (TPSA) is 81.1 Å². The summed E-state index contributed by atoms with van der Waals surface area (Å²) < 4.78 is 5.80. The molecule has 0 aliphatic heterocycles. The van der Waals surface area contributed by atoms with Gasteiger partial charge >= 0.3 is 0 Å². The molecule has 0 bridgehead atoms. The van der Waals surface area contributed by atoms with Crippen LogP contribution in [0.15, 0.2) is 22.7 Å². The maximum atomic E-state index is 11.8. The van der Waals surface area contributed by atoms with Crippen LogP contribution in [-0.4, -0.2) is 24.2 Å². The van der Waals surface area contributed by atoms with E-state index in [1.807, 2.05) is 6.07 Å². The second-order valence-electron chi connectivity index (χ2n) is 3.93. The summed E-state index contributed by atoms with van der Waals surface area (Å²) in [6.45, 7) is 1.21. The Bertz CT molecular complexity index is 553. The second-order valence-corrected chi connectivity index (χ2v) is 5.65. The molecule has 0 radical (unpaired) electrons. The molecule has 0 unspecified atom stereocenters. The Morgan fingerprint density at radius 1 is 1.47 bits per heavy atom. The first kappa shape index (κ1) is 14.0. The summed E-state index contributed by atoms with van der Waals surface area (Å²) in [6, 6.07) is 5.22. The SMILES string of the molecule is NCCCCNC(=O)c1cc(-c2ccc(Cl)s2)on1. The van der Waals surface area contributed by atoms with Crippen LogP contribution in [0.3, 0.4) is 0 Å². The molecule has 0 aliphatic carbocycles.